The van der Waals surface area contributed by atoms with Crippen molar-refractivity contribution in [2.75, 3.05) is 13.1 Å². The van der Waals surface area contributed by atoms with E-state index in [1.807, 2.05) is 0 Å². The zero-order valence-corrected chi connectivity index (χ0v) is 9.28. The summed E-state index contributed by atoms with van der Waals surface area (Å²) in [6, 6.07) is 10.6. The summed E-state index contributed by atoms with van der Waals surface area (Å²) in [6.45, 7) is 3.36. The number of rotatable bonds is 3. The van der Waals surface area contributed by atoms with E-state index < -0.39 is 0 Å². The van der Waals surface area contributed by atoms with E-state index in [0.717, 1.165) is 6.54 Å². The molecule has 0 aromatic heterocycles. The maximum absolute atomic E-state index is 3.51. The van der Waals surface area contributed by atoms with E-state index >= 15 is 0 Å². The second-order valence-corrected chi connectivity index (χ2v) is 4.22. The van der Waals surface area contributed by atoms with Gasteiger partial charge < -0.3 is 0 Å². The topological polar surface area (TPSA) is 15.3 Å². The van der Waals surface area contributed by atoms with E-state index in [0.29, 0.717) is 0 Å². The number of nitrogens with one attached hydrogen (secondary N) is 1. The first-order valence-electron chi connectivity index (χ1n) is 5.97. The van der Waals surface area contributed by atoms with Crippen LogP contribution in [0.1, 0.15) is 31.2 Å². The molecule has 0 amide bonds. The van der Waals surface area contributed by atoms with Crippen LogP contribution in [0.2, 0.25) is 0 Å². The zero-order valence-electron chi connectivity index (χ0n) is 9.28. The first-order valence-corrected chi connectivity index (χ1v) is 5.97. The Morgan fingerprint density at radius 2 is 1.60 bits per heavy atom. The lowest BCUT2D eigenvalue weighted by atomic mass is 10.2. The fraction of sp³-hybridized carbons (Fsp3) is 0.538. The summed E-state index contributed by atoms with van der Waals surface area (Å²) in [6.07, 6.45) is 5.45. The average molecular weight is 204 g/mol. The molecule has 2 heteroatoms. The Balaban J connectivity index is 1.77. The summed E-state index contributed by atoms with van der Waals surface area (Å²) in [5.41, 5.74) is 4.87. The molecule has 0 spiro atoms. The quantitative estimate of drug-likeness (QED) is 0.814. The maximum atomic E-state index is 3.51. The molecule has 1 saturated heterocycles. The summed E-state index contributed by atoms with van der Waals surface area (Å²) in [5.74, 6) is 0. The third-order valence-electron chi connectivity index (χ3n) is 2.96. The molecule has 0 atom stereocenters. The van der Waals surface area contributed by atoms with Gasteiger partial charge in [-0.3, -0.25) is 5.43 Å². The molecule has 0 saturated carbocycles. The van der Waals surface area contributed by atoms with Crippen molar-refractivity contribution in [3.8, 4) is 0 Å². The Labute approximate surface area is 92.3 Å². The van der Waals surface area contributed by atoms with Crippen LogP contribution in [-0.4, -0.2) is 18.1 Å². The standard InChI is InChI=1S/C13H20N2/c1-2-7-11-15(10-6-1)14-12-13-8-4-3-5-9-13/h3-5,8-9,14H,1-2,6-7,10-12H2. The van der Waals surface area contributed by atoms with Crippen molar-refractivity contribution in [3.63, 3.8) is 0 Å². The Morgan fingerprint density at radius 3 is 2.27 bits per heavy atom. The fourth-order valence-corrected chi connectivity index (χ4v) is 2.03. The molecule has 0 radical (unpaired) electrons. The minimum atomic E-state index is 0.959. The molecular formula is C13H20N2. The van der Waals surface area contributed by atoms with Crippen molar-refractivity contribution in [3.05, 3.63) is 35.9 Å². The molecule has 0 aliphatic carbocycles. The van der Waals surface area contributed by atoms with Gasteiger partial charge in [-0.15, -0.1) is 0 Å². The zero-order chi connectivity index (χ0) is 10.3. The van der Waals surface area contributed by atoms with E-state index in [2.05, 4.69) is 40.8 Å². The maximum Gasteiger partial charge on any atom is 0.0353 e. The smallest absolute Gasteiger partial charge is 0.0353 e. The number of hydrogen-bond donors (Lipinski definition) is 1. The molecule has 0 bridgehead atoms. The van der Waals surface area contributed by atoms with Crippen molar-refractivity contribution >= 4 is 0 Å². The molecule has 1 heterocycles. The van der Waals surface area contributed by atoms with Gasteiger partial charge in [-0.2, -0.15) is 0 Å². The van der Waals surface area contributed by atoms with Gasteiger partial charge in [-0.1, -0.05) is 43.2 Å². The fourth-order valence-electron chi connectivity index (χ4n) is 2.03. The van der Waals surface area contributed by atoms with Crippen molar-refractivity contribution in [1.29, 1.82) is 0 Å². The molecule has 2 nitrogen and oxygen atoms in total. The van der Waals surface area contributed by atoms with Crippen LogP contribution >= 0.6 is 0 Å². The lowest BCUT2D eigenvalue weighted by Crippen LogP contribution is -2.38. The SMILES string of the molecule is c1ccc(CNN2CCCCCC2)cc1. The van der Waals surface area contributed by atoms with Crippen molar-refractivity contribution in [1.82, 2.24) is 10.4 Å². The van der Waals surface area contributed by atoms with Gasteiger partial charge in [0.15, 0.2) is 0 Å². The van der Waals surface area contributed by atoms with Gasteiger partial charge in [0.05, 0.1) is 0 Å². The highest BCUT2D eigenvalue weighted by Gasteiger charge is 2.07. The van der Waals surface area contributed by atoms with Gasteiger partial charge in [0.25, 0.3) is 0 Å². The molecule has 2 rings (SSSR count). The Hall–Kier alpha value is -0.860. The van der Waals surface area contributed by atoms with Crippen molar-refractivity contribution in [2.45, 2.75) is 32.2 Å². The molecule has 1 aliphatic heterocycles. The minimum absolute atomic E-state index is 0.959. The molecule has 82 valence electrons. The predicted octanol–water partition coefficient (Wildman–Crippen LogP) is 2.57. The second kappa shape index (κ2) is 5.89. The number of benzene rings is 1. The van der Waals surface area contributed by atoms with E-state index in [-0.39, 0.29) is 0 Å². The molecule has 1 aromatic carbocycles. The predicted molar refractivity (Wildman–Crippen MR) is 63.3 cm³/mol. The van der Waals surface area contributed by atoms with Crippen LogP contribution in [-0.2, 0) is 6.54 Å². The highest BCUT2D eigenvalue weighted by Crippen LogP contribution is 2.08. The van der Waals surface area contributed by atoms with Crippen LogP contribution in [0.25, 0.3) is 0 Å². The summed E-state index contributed by atoms with van der Waals surface area (Å²) < 4.78 is 0. The molecule has 1 aliphatic rings. The average Bonchev–Trinajstić information content (AvgIpc) is 2.56. The van der Waals surface area contributed by atoms with Gasteiger partial charge in [-0.05, 0) is 18.4 Å². The highest BCUT2D eigenvalue weighted by molar-refractivity contribution is 5.14. The van der Waals surface area contributed by atoms with Gasteiger partial charge in [0, 0.05) is 19.6 Å². The van der Waals surface area contributed by atoms with Crippen LogP contribution in [0, 0.1) is 0 Å². The van der Waals surface area contributed by atoms with Gasteiger partial charge >= 0.3 is 0 Å². The molecular weight excluding hydrogens is 184 g/mol. The first-order chi connectivity index (χ1) is 7.45. The Bertz CT molecular complexity index is 263. The van der Waals surface area contributed by atoms with Crippen molar-refractivity contribution < 1.29 is 0 Å². The van der Waals surface area contributed by atoms with Crippen molar-refractivity contribution in [2.24, 2.45) is 0 Å². The van der Waals surface area contributed by atoms with Gasteiger partial charge in [0.1, 0.15) is 0 Å². The minimum Gasteiger partial charge on any atom is -0.251 e. The second-order valence-electron chi connectivity index (χ2n) is 4.22. The molecule has 15 heavy (non-hydrogen) atoms. The first kappa shape index (κ1) is 10.7. The van der Waals surface area contributed by atoms with E-state index in [4.69, 9.17) is 0 Å². The van der Waals surface area contributed by atoms with Crippen LogP contribution in [0.5, 0.6) is 0 Å². The molecule has 1 aromatic rings. The Morgan fingerprint density at radius 1 is 0.933 bits per heavy atom. The van der Waals surface area contributed by atoms with Gasteiger partial charge in [-0.25, -0.2) is 5.01 Å². The molecule has 1 fully saturated rings. The van der Waals surface area contributed by atoms with Crippen LogP contribution in [0.3, 0.4) is 0 Å². The number of nitrogens with zero attached hydrogens (tertiary/aromatic N) is 1. The molecule has 1 N–H and O–H groups in total. The monoisotopic (exact) mass is 204 g/mol. The Kier molecular flexibility index (Phi) is 4.18. The van der Waals surface area contributed by atoms with E-state index in [1.165, 1.54) is 44.3 Å². The highest BCUT2D eigenvalue weighted by atomic mass is 15.5. The lowest BCUT2D eigenvalue weighted by molar-refractivity contribution is 0.191. The van der Waals surface area contributed by atoms with Gasteiger partial charge in [0.2, 0.25) is 0 Å². The molecule has 0 unspecified atom stereocenters. The van der Waals surface area contributed by atoms with E-state index in [1.54, 1.807) is 0 Å². The third kappa shape index (κ3) is 3.65. The lowest BCUT2D eigenvalue weighted by Gasteiger charge is -2.20. The third-order valence-corrected chi connectivity index (χ3v) is 2.96. The summed E-state index contributed by atoms with van der Waals surface area (Å²) in [4.78, 5) is 0. The van der Waals surface area contributed by atoms with Crippen LogP contribution in [0.15, 0.2) is 30.3 Å². The summed E-state index contributed by atoms with van der Waals surface area (Å²) in [5, 5.41) is 2.38. The summed E-state index contributed by atoms with van der Waals surface area (Å²) in [7, 11) is 0. The normalized spacial score (nSPS) is 18.7. The van der Waals surface area contributed by atoms with Crippen LogP contribution < -0.4 is 5.43 Å². The summed E-state index contributed by atoms with van der Waals surface area (Å²) >= 11 is 0. The van der Waals surface area contributed by atoms with E-state index in [9.17, 15) is 0 Å². The number of hydrogen-bond acceptors (Lipinski definition) is 2. The number of hydrazine groups is 1. The largest absolute Gasteiger partial charge is 0.251 e. The van der Waals surface area contributed by atoms with Crippen LogP contribution in [0.4, 0.5) is 0 Å².